The van der Waals surface area contributed by atoms with Gasteiger partial charge in [-0.3, -0.25) is 4.79 Å². The average Bonchev–Trinajstić information content (AvgIpc) is 3.24. The third-order valence-electron chi connectivity index (χ3n) is 6.71. The molecule has 33 heavy (non-hydrogen) atoms. The van der Waals surface area contributed by atoms with Gasteiger partial charge in [0.05, 0.1) is 23.8 Å². The zero-order valence-corrected chi connectivity index (χ0v) is 18.2. The lowest BCUT2D eigenvalue weighted by Gasteiger charge is -2.42. The van der Waals surface area contributed by atoms with Crippen LogP contribution in [-0.4, -0.2) is 56.0 Å². The van der Waals surface area contributed by atoms with E-state index < -0.39 is 18.0 Å². The maximum atomic E-state index is 14.9. The third kappa shape index (κ3) is 3.74. The number of fused-ring (bicyclic) bond motifs is 2. The van der Waals surface area contributed by atoms with Gasteiger partial charge in [-0.15, -0.1) is 10.2 Å². The van der Waals surface area contributed by atoms with Crippen LogP contribution in [0.15, 0.2) is 47.5 Å². The molecule has 0 amide bonds. The second kappa shape index (κ2) is 7.87. The van der Waals surface area contributed by atoms with Crippen LogP contribution in [0.4, 0.5) is 14.6 Å². The molecule has 2 aromatic heterocycles. The molecule has 2 N–H and O–H groups in total. The van der Waals surface area contributed by atoms with E-state index in [1.807, 2.05) is 0 Å². The van der Waals surface area contributed by atoms with Crippen molar-refractivity contribution in [2.24, 2.45) is 7.05 Å². The Morgan fingerprint density at radius 2 is 1.97 bits per heavy atom. The number of nitrogens with one attached hydrogen (secondary N) is 1. The number of piperidine rings is 1. The van der Waals surface area contributed by atoms with Crippen LogP contribution < -0.4 is 15.8 Å². The number of aromatic hydroxyl groups is 1. The summed E-state index contributed by atoms with van der Waals surface area (Å²) in [6.45, 7) is 0. The normalized spacial score (nSPS) is 23.5. The van der Waals surface area contributed by atoms with Crippen molar-refractivity contribution in [3.05, 3.63) is 53.1 Å². The van der Waals surface area contributed by atoms with Crippen LogP contribution in [-0.2, 0) is 7.05 Å². The lowest BCUT2D eigenvalue weighted by Crippen LogP contribution is -2.62. The molecular weight excluding hydrogens is 430 g/mol. The van der Waals surface area contributed by atoms with Crippen molar-refractivity contribution in [3.8, 4) is 28.3 Å². The molecule has 0 spiro atoms. The van der Waals surface area contributed by atoms with Gasteiger partial charge >= 0.3 is 0 Å². The highest BCUT2D eigenvalue weighted by Gasteiger charge is 2.56. The van der Waals surface area contributed by atoms with E-state index in [-0.39, 0.29) is 29.0 Å². The molecule has 3 atom stereocenters. The lowest BCUT2D eigenvalue weighted by atomic mass is 9.94. The molecule has 0 unspecified atom stereocenters. The van der Waals surface area contributed by atoms with Gasteiger partial charge in [0.25, 0.3) is 11.5 Å². The molecule has 5 rings (SSSR count). The number of aromatic nitrogens is 4. The number of alkyl halides is 2. The molecule has 2 aliphatic rings. The van der Waals surface area contributed by atoms with Gasteiger partial charge in [0, 0.05) is 32.4 Å². The molecule has 2 saturated heterocycles. The molecule has 2 fully saturated rings. The average molecular weight is 454 g/mol. The fourth-order valence-corrected chi connectivity index (χ4v) is 4.73. The van der Waals surface area contributed by atoms with E-state index in [1.54, 1.807) is 38.5 Å². The van der Waals surface area contributed by atoms with E-state index >= 15 is 0 Å². The number of aryl methyl sites for hydroxylation is 1. The Bertz CT molecular complexity index is 1250. The van der Waals surface area contributed by atoms with Gasteiger partial charge in [-0.1, -0.05) is 6.07 Å². The fraction of sp³-hybridized carbons (Fsp3) is 0.391. The molecule has 2 bridgehead atoms. The minimum Gasteiger partial charge on any atom is -0.507 e. The van der Waals surface area contributed by atoms with E-state index in [0.29, 0.717) is 29.5 Å². The van der Waals surface area contributed by atoms with Gasteiger partial charge in [0.15, 0.2) is 11.6 Å². The molecule has 10 heteroatoms. The summed E-state index contributed by atoms with van der Waals surface area (Å²) in [4.78, 5) is 17.6. The summed E-state index contributed by atoms with van der Waals surface area (Å²) >= 11 is 0. The quantitative estimate of drug-likeness (QED) is 0.626. The first-order valence-corrected chi connectivity index (χ1v) is 10.8. The summed E-state index contributed by atoms with van der Waals surface area (Å²) in [5.74, 6) is -2.52. The number of anilines is 1. The maximum Gasteiger partial charge on any atom is 0.283 e. The van der Waals surface area contributed by atoms with Gasteiger partial charge in [-0.25, -0.2) is 13.8 Å². The largest absolute Gasteiger partial charge is 0.507 e. The first-order chi connectivity index (χ1) is 15.7. The zero-order valence-electron chi connectivity index (χ0n) is 18.2. The molecular formula is C23H24F2N6O2. The first-order valence-electron chi connectivity index (χ1n) is 10.8. The minimum absolute atomic E-state index is 0.0717. The van der Waals surface area contributed by atoms with Crippen molar-refractivity contribution in [1.82, 2.24) is 25.1 Å². The van der Waals surface area contributed by atoms with Crippen LogP contribution in [0.5, 0.6) is 5.75 Å². The highest BCUT2D eigenvalue weighted by atomic mass is 19.3. The Labute approximate surface area is 188 Å². The molecule has 4 heterocycles. The van der Waals surface area contributed by atoms with Gasteiger partial charge in [-0.05, 0) is 48.6 Å². The second-order valence-corrected chi connectivity index (χ2v) is 8.77. The lowest BCUT2D eigenvalue weighted by molar-refractivity contribution is -0.0726. The maximum absolute atomic E-state index is 14.9. The smallest absolute Gasteiger partial charge is 0.283 e. The highest BCUT2D eigenvalue weighted by molar-refractivity contribution is 5.72. The van der Waals surface area contributed by atoms with Crippen molar-refractivity contribution in [1.29, 1.82) is 0 Å². The van der Waals surface area contributed by atoms with Gasteiger partial charge in [0.2, 0.25) is 0 Å². The van der Waals surface area contributed by atoms with E-state index in [9.17, 15) is 18.7 Å². The number of benzene rings is 1. The summed E-state index contributed by atoms with van der Waals surface area (Å²) < 4.78 is 31.2. The zero-order chi connectivity index (χ0) is 23.3. The molecule has 0 aliphatic carbocycles. The minimum atomic E-state index is -2.88. The van der Waals surface area contributed by atoms with Crippen molar-refractivity contribution < 1.29 is 13.9 Å². The van der Waals surface area contributed by atoms with Crippen molar-refractivity contribution in [2.45, 2.75) is 43.3 Å². The highest BCUT2D eigenvalue weighted by Crippen LogP contribution is 2.41. The summed E-state index contributed by atoms with van der Waals surface area (Å²) in [5, 5.41) is 21.7. The standard InChI is InChI=1S/C23H24F2N6O2/c1-30-8-7-14(10-21(30)33)13-3-5-16(17(32)9-13)22-26-12-20(28-29-22)31(2)19-11-15-4-6-18(27-15)23(19,24)25/h3,5,7-10,12,15,18-19,27,32H,4,6,11H2,1-2H3/t15-,18+,19-/m0/s1. The summed E-state index contributed by atoms with van der Waals surface area (Å²) in [6.07, 6.45) is 4.60. The fourth-order valence-electron chi connectivity index (χ4n) is 4.73. The molecule has 0 radical (unpaired) electrons. The number of pyridine rings is 1. The number of halogens is 2. The molecule has 3 aromatic rings. The summed E-state index contributed by atoms with van der Waals surface area (Å²) in [5.41, 5.74) is 1.54. The van der Waals surface area contributed by atoms with Crippen molar-refractivity contribution in [2.75, 3.05) is 11.9 Å². The Hall–Kier alpha value is -3.40. The van der Waals surface area contributed by atoms with Crippen LogP contribution >= 0.6 is 0 Å². The van der Waals surface area contributed by atoms with Gasteiger partial charge in [-0.2, -0.15) is 0 Å². The Morgan fingerprint density at radius 1 is 1.18 bits per heavy atom. The van der Waals surface area contributed by atoms with Gasteiger partial charge in [0.1, 0.15) is 5.75 Å². The predicted molar refractivity (Wildman–Crippen MR) is 119 cm³/mol. The van der Waals surface area contributed by atoms with E-state index in [1.165, 1.54) is 27.8 Å². The van der Waals surface area contributed by atoms with Crippen molar-refractivity contribution >= 4 is 5.82 Å². The SMILES string of the molecule is CN(c1cnc(-c2ccc(-c3ccn(C)c(=O)c3)cc2O)nn1)[C@H]1C[C@@H]2CC[C@@H](N2)C1(F)F. The van der Waals surface area contributed by atoms with Gasteiger partial charge < -0.3 is 19.9 Å². The number of hydrogen-bond donors (Lipinski definition) is 2. The topological polar surface area (TPSA) is 96.2 Å². The summed E-state index contributed by atoms with van der Waals surface area (Å²) in [6, 6.07) is 6.47. The first kappa shape index (κ1) is 21.4. The van der Waals surface area contributed by atoms with Crippen LogP contribution in [0, 0.1) is 0 Å². The van der Waals surface area contributed by atoms with E-state index in [0.717, 1.165) is 6.42 Å². The van der Waals surface area contributed by atoms with Crippen LogP contribution in [0.3, 0.4) is 0 Å². The second-order valence-electron chi connectivity index (χ2n) is 8.77. The molecule has 1 aromatic carbocycles. The van der Waals surface area contributed by atoms with Crippen molar-refractivity contribution in [3.63, 3.8) is 0 Å². The summed E-state index contributed by atoms with van der Waals surface area (Å²) in [7, 11) is 3.25. The number of rotatable bonds is 4. The Morgan fingerprint density at radius 3 is 2.67 bits per heavy atom. The van der Waals surface area contributed by atoms with E-state index in [2.05, 4.69) is 20.5 Å². The Kier molecular flexibility index (Phi) is 5.12. The molecule has 2 aliphatic heterocycles. The van der Waals surface area contributed by atoms with Crippen LogP contribution in [0.1, 0.15) is 19.3 Å². The molecule has 0 saturated carbocycles. The molecule has 8 nitrogen and oxygen atoms in total. The number of hydrogen-bond acceptors (Lipinski definition) is 7. The van der Waals surface area contributed by atoms with Crippen LogP contribution in [0.2, 0.25) is 0 Å². The Balaban J connectivity index is 1.38. The molecule has 172 valence electrons. The third-order valence-corrected chi connectivity index (χ3v) is 6.71. The predicted octanol–water partition coefficient (Wildman–Crippen LogP) is 2.57. The van der Waals surface area contributed by atoms with Crippen LogP contribution in [0.25, 0.3) is 22.5 Å². The number of nitrogens with zero attached hydrogens (tertiary/aromatic N) is 5. The number of phenolic OH excluding ortho intramolecular Hbond substituents is 1. The number of phenols is 1. The monoisotopic (exact) mass is 454 g/mol. The van der Waals surface area contributed by atoms with E-state index in [4.69, 9.17) is 0 Å².